The second kappa shape index (κ2) is 10.4. The maximum absolute atomic E-state index is 13.1. The van der Waals surface area contributed by atoms with Crippen LogP contribution in [0.5, 0.6) is 0 Å². The van der Waals surface area contributed by atoms with Crippen LogP contribution in [0.15, 0.2) is 84.9 Å². The molecule has 0 radical (unpaired) electrons. The SMILES string of the molecule is O=C(NCC(c1ccccc1)c1ccccc1)C1CCN(Cc2ccc(F)cc2)CC1. The highest BCUT2D eigenvalue weighted by atomic mass is 19.1. The first-order chi connectivity index (χ1) is 15.2. The van der Waals surface area contributed by atoms with Gasteiger partial charge >= 0.3 is 0 Å². The number of hydrogen-bond donors (Lipinski definition) is 1. The molecular formula is C27H29FN2O. The largest absolute Gasteiger partial charge is 0.355 e. The van der Waals surface area contributed by atoms with Gasteiger partial charge in [0.25, 0.3) is 0 Å². The zero-order chi connectivity index (χ0) is 21.5. The number of rotatable bonds is 7. The summed E-state index contributed by atoms with van der Waals surface area (Å²) in [5, 5.41) is 3.22. The molecule has 1 N–H and O–H groups in total. The zero-order valence-electron chi connectivity index (χ0n) is 17.7. The Morgan fingerprint density at radius 3 is 1.97 bits per heavy atom. The van der Waals surface area contributed by atoms with E-state index in [1.54, 1.807) is 0 Å². The van der Waals surface area contributed by atoms with Crippen LogP contribution in [0, 0.1) is 11.7 Å². The van der Waals surface area contributed by atoms with Crippen molar-refractivity contribution in [2.45, 2.75) is 25.3 Å². The van der Waals surface area contributed by atoms with E-state index in [4.69, 9.17) is 0 Å². The average molecular weight is 417 g/mol. The lowest BCUT2D eigenvalue weighted by Crippen LogP contribution is -2.41. The molecule has 4 rings (SSSR count). The van der Waals surface area contributed by atoms with Gasteiger partial charge < -0.3 is 5.32 Å². The summed E-state index contributed by atoms with van der Waals surface area (Å²) in [6, 6.07) is 27.4. The Hall–Kier alpha value is -2.98. The Morgan fingerprint density at radius 2 is 1.42 bits per heavy atom. The van der Waals surface area contributed by atoms with Crippen LogP contribution in [0.1, 0.15) is 35.4 Å². The Labute approximate surface area is 183 Å². The molecule has 0 atom stereocenters. The third kappa shape index (κ3) is 5.80. The fraction of sp³-hybridized carbons (Fsp3) is 0.296. The molecule has 31 heavy (non-hydrogen) atoms. The minimum Gasteiger partial charge on any atom is -0.355 e. The maximum atomic E-state index is 13.1. The molecule has 1 fully saturated rings. The number of benzene rings is 3. The van der Waals surface area contributed by atoms with Crippen LogP contribution < -0.4 is 5.32 Å². The van der Waals surface area contributed by atoms with Crippen molar-refractivity contribution < 1.29 is 9.18 Å². The monoisotopic (exact) mass is 416 g/mol. The van der Waals surface area contributed by atoms with E-state index < -0.39 is 0 Å². The predicted octanol–water partition coefficient (Wildman–Crippen LogP) is 4.99. The number of halogens is 1. The molecule has 160 valence electrons. The molecule has 4 heteroatoms. The minimum absolute atomic E-state index is 0.0525. The summed E-state index contributed by atoms with van der Waals surface area (Å²) in [5.74, 6) is 0.142. The normalized spacial score (nSPS) is 15.2. The summed E-state index contributed by atoms with van der Waals surface area (Å²) in [7, 11) is 0. The van der Waals surface area contributed by atoms with Gasteiger partial charge in [-0.25, -0.2) is 4.39 Å². The Kier molecular flexibility index (Phi) is 7.11. The van der Waals surface area contributed by atoms with E-state index in [1.165, 1.54) is 23.3 Å². The highest BCUT2D eigenvalue weighted by Crippen LogP contribution is 2.25. The molecule has 3 aromatic carbocycles. The quantitative estimate of drug-likeness (QED) is 0.589. The summed E-state index contributed by atoms with van der Waals surface area (Å²) in [6.07, 6.45) is 1.71. The topological polar surface area (TPSA) is 32.3 Å². The van der Waals surface area contributed by atoms with E-state index in [0.29, 0.717) is 6.54 Å². The van der Waals surface area contributed by atoms with Crippen LogP contribution in [0.3, 0.4) is 0 Å². The molecule has 0 unspecified atom stereocenters. The van der Waals surface area contributed by atoms with Gasteiger partial charge in [0, 0.05) is 24.9 Å². The number of piperidine rings is 1. The first-order valence-corrected chi connectivity index (χ1v) is 11.0. The molecule has 1 saturated heterocycles. The number of nitrogens with zero attached hydrogens (tertiary/aromatic N) is 1. The van der Waals surface area contributed by atoms with Crippen molar-refractivity contribution in [1.82, 2.24) is 10.2 Å². The second-order valence-corrected chi connectivity index (χ2v) is 8.30. The first-order valence-electron chi connectivity index (χ1n) is 11.0. The van der Waals surface area contributed by atoms with Gasteiger partial charge in [-0.1, -0.05) is 72.8 Å². The summed E-state index contributed by atoms with van der Waals surface area (Å²) in [5.41, 5.74) is 3.53. The third-order valence-electron chi connectivity index (χ3n) is 6.16. The molecule has 1 heterocycles. The summed E-state index contributed by atoms with van der Waals surface area (Å²) < 4.78 is 13.1. The molecule has 3 nitrogen and oxygen atoms in total. The van der Waals surface area contributed by atoms with Crippen LogP contribution in [0.4, 0.5) is 4.39 Å². The van der Waals surface area contributed by atoms with Crippen LogP contribution in [0.2, 0.25) is 0 Å². The Balaban J connectivity index is 1.31. The summed E-state index contributed by atoms with van der Waals surface area (Å²) in [4.78, 5) is 15.2. The van der Waals surface area contributed by atoms with Gasteiger partial charge in [0.05, 0.1) is 0 Å². The third-order valence-corrected chi connectivity index (χ3v) is 6.16. The lowest BCUT2D eigenvalue weighted by Gasteiger charge is -2.31. The maximum Gasteiger partial charge on any atom is 0.223 e. The summed E-state index contributed by atoms with van der Waals surface area (Å²) in [6.45, 7) is 3.17. The zero-order valence-corrected chi connectivity index (χ0v) is 17.7. The van der Waals surface area contributed by atoms with Crippen molar-refractivity contribution in [2.75, 3.05) is 19.6 Å². The molecular weight excluding hydrogens is 387 g/mol. The van der Waals surface area contributed by atoms with Gasteiger partial charge in [0.1, 0.15) is 5.82 Å². The van der Waals surface area contributed by atoms with Crippen molar-refractivity contribution in [3.05, 3.63) is 107 Å². The van der Waals surface area contributed by atoms with Crippen molar-refractivity contribution >= 4 is 5.91 Å². The van der Waals surface area contributed by atoms with Crippen LogP contribution in [0.25, 0.3) is 0 Å². The van der Waals surface area contributed by atoms with E-state index in [1.807, 2.05) is 48.5 Å². The van der Waals surface area contributed by atoms with Crippen LogP contribution in [-0.2, 0) is 11.3 Å². The second-order valence-electron chi connectivity index (χ2n) is 8.30. The van der Waals surface area contributed by atoms with E-state index in [9.17, 15) is 9.18 Å². The van der Waals surface area contributed by atoms with Gasteiger partial charge in [0.2, 0.25) is 5.91 Å². The van der Waals surface area contributed by atoms with Crippen molar-refractivity contribution in [3.63, 3.8) is 0 Å². The molecule has 0 saturated carbocycles. The van der Waals surface area contributed by atoms with E-state index in [2.05, 4.69) is 34.5 Å². The highest BCUT2D eigenvalue weighted by molar-refractivity contribution is 5.78. The van der Waals surface area contributed by atoms with Crippen LogP contribution >= 0.6 is 0 Å². The van der Waals surface area contributed by atoms with Gasteiger partial charge in [-0.15, -0.1) is 0 Å². The van der Waals surface area contributed by atoms with Crippen LogP contribution in [-0.4, -0.2) is 30.4 Å². The highest BCUT2D eigenvalue weighted by Gasteiger charge is 2.26. The van der Waals surface area contributed by atoms with Crippen molar-refractivity contribution in [2.24, 2.45) is 5.92 Å². The van der Waals surface area contributed by atoms with Crippen molar-refractivity contribution in [1.29, 1.82) is 0 Å². The van der Waals surface area contributed by atoms with E-state index >= 15 is 0 Å². The fourth-order valence-corrected chi connectivity index (χ4v) is 4.35. The number of carbonyl (C=O) groups is 1. The fourth-order valence-electron chi connectivity index (χ4n) is 4.35. The number of carbonyl (C=O) groups excluding carboxylic acids is 1. The molecule has 0 spiro atoms. The predicted molar refractivity (Wildman–Crippen MR) is 122 cm³/mol. The smallest absolute Gasteiger partial charge is 0.223 e. The van der Waals surface area contributed by atoms with Crippen molar-refractivity contribution in [3.8, 4) is 0 Å². The minimum atomic E-state index is -0.205. The number of hydrogen-bond acceptors (Lipinski definition) is 2. The molecule has 3 aromatic rings. The molecule has 0 bridgehead atoms. The molecule has 1 aliphatic heterocycles. The number of nitrogens with one attached hydrogen (secondary N) is 1. The Bertz CT molecular complexity index is 912. The van der Waals surface area contributed by atoms with Gasteiger partial charge in [-0.2, -0.15) is 0 Å². The van der Waals surface area contributed by atoms with Gasteiger partial charge in [-0.05, 0) is 54.8 Å². The van der Waals surface area contributed by atoms with E-state index in [0.717, 1.165) is 38.0 Å². The standard InChI is InChI=1S/C27H29FN2O/c28-25-13-11-21(12-14-25)20-30-17-15-24(16-18-30)27(31)29-19-26(22-7-3-1-4-8-22)23-9-5-2-6-10-23/h1-14,24,26H,15-20H2,(H,29,31). The van der Waals surface area contributed by atoms with Gasteiger partial charge in [-0.3, -0.25) is 9.69 Å². The first kappa shape index (κ1) is 21.3. The molecule has 1 amide bonds. The Morgan fingerprint density at radius 1 is 0.871 bits per heavy atom. The number of amides is 1. The lowest BCUT2D eigenvalue weighted by molar-refractivity contribution is -0.126. The molecule has 1 aliphatic rings. The molecule has 0 aromatic heterocycles. The summed E-state index contributed by atoms with van der Waals surface area (Å²) >= 11 is 0. The average Bonchev–Trinajstić information content (AvgIpc) is 2.82. The van der Waals surface area contributed by atoms with Gasteiger partial charge in [0.15, 0.2) is 0 Å². The lowest BCUT2D eigenvalue weighted by atomic mass is 9.90. The number of likely N-dealkylation sites (tertiary alicyclic amines) is 1. The molecule has 0 aliphatic carbocycles. The van der Waals surface area contributed by atoms with E-state index in [-0.39, 0.29) is 23.6 Å².